The molecule has 5 heteroatoms. The fraction of sp³-hybridized carbons (Fsp3) is 0.600. The molecule has 0 N–H and O–H groups in total. The van der Waals surface area contributed by atoms with E-state index in [9.17, 15) is 4.55 Å². The Balaban J connectivity index is 2.85. The topological polar surface area (TPSA) is 53.2 Å². The van der Waals surface area contributed by atoms with Gasteiger partial charge in [0.15, 0.2) is 0 Å². The van der Waals surface area contributed by atoms with Crippen molar-refractivity contribution in [3.8, 4) is 0 Å². The molecule has 0 aliphatic rings. The minimum Gasteiger partial charge on any atom is -0.591 e. The Morgan fingerprint density at radius 2 is 2.13 bits per heavy atom. The molecule has 0 saturated carbocycles. The Bertz CT molecular complexity index is 365. The maximum Gasteiger partial charge on any atom is 0.144 e. The minimum absolute atomic E-state index is 0.323. The van der Waals surface area contributed by atoms with Crippen molar-refractivity contribution in [2.24, 2.45) is 11.4 Å². The second kappa shape index (κ2) is 4.37. The quantitative estimate of drug-likeness (QED) is 0.570. The van der Waals surface area contributed by atoms with Crippen LogP contribution in [0.25, 0.3) is 0 Å². The average molecular weight is 227 g/mol. The summed E-state index contributed by atoms with van der Waals surface area (Å²) in [6.45, 7) is 7.53. The van der Waals surface area contributed by atoms with Crippen molar-refractivity contribution in [2.75, 3.05) is 0 Å². The van der Waals surface area contributed by atoms with Crippen LogP contribution in [0.1, 0.15) is 33.4 Å². The second-order valence-corrected chi connectivity index (χ2v) is 6.32. The molecule has 0 fully saturated rings. The molecule has 1 heterocycles. The van der Waals surface area contributed by atoms with Crippen LogP contribution in [0.3, 0.4) is 0 Å². The van der Waals surface area contributed by atoms with Gasteiger partial charge in [0.25, 0.3) is 0 Å². The van der Waals surface area contributed by atoms with Gasteiger partial charge in [-0.1, -0.05) is 4.40 Å². The Hall–Kier alpha value is -0.810. The molecule has 1 aromatic rings. The zero-order valence-corrected chi connectivity index (χ0v) is 10.6. The van der Waals surface area contributed by atoms with Crippen LogP contribution in [0.5, 0.6) is 0 Å². The summed E-state index contributed by atoms with van der Waals surface area (Å²) in [4.78, 5) is 0. The highest BCUT2D eigenvalue weighted by Gasteiger charge is 2.26. The lowest BCUT2D eigenvalue weighted by molar-refractivity contribution is 0.561. The maximum absolute atomic E-state index is 11.7. The third-order valence-corrected chi connectivity index (χ3v) is 3.32. The van der Waals surface area contributed by atoms with Crippen LogP contribution >= 0.6 is 0 Å². The van der Waals surface area contributed by atoms with Gasteiger partial charge in [0, 0.05) is 13.2 Å². The van der Waals surface area contributed by atoms with Gasteiger partial charge >= 0.3 is 0 Å². The highest BCUT2D eigenvalue weighted by molar-refractivity contribution is 7.91. The molecule has 0 saturated heterocycles. The van der Waals surface area contributed by atoms with E-state index in [2.05, 4.69) is 9.50 Å². The molecule has 4 nitrogen and oxygen atoms in total. The standard InChI is InChI=1S/C10H17N3OS/c1-8(9-6-7-13(5)11-9)12-15(14)10(2,3)4/h6-7H,1-5H3. The molecular weight excluding hydrogens is 210 g/mol. The van der Waals surface area contributed by atoms with E-state index in [4.69, 9.17) is 0 Å². The summed E-state index contributed by atoms with van der Waals surface area (Å²) < 4.78 is 17.3. The largest absolute Gasteiger partial charge is 0.591 e. The molecule has 0 amide bonds. The molecule has 1 unspecified atom stereocenters. The molecule has 0 aliphatic heterocycles. The number of nitrogens with zero attached hydrogens (tertiary/aromatic N) is 3. The third kappa shape index (κ3) is 3.35. The fourth-order valence-electron chi connectivity index (χ4n) is 0.916. The molecule has 84 valence electrons. The first-order valence-corrected chi connectivity index (χ1v) is 5.88. The number of hydrogen-bond donors (Lipinski definition) is 0. The van der Waals surface area contributed by atoms with Crippen LogP contribution in [0.15, 0.2) is 16.7 Å². The Labute approximate surface area is 93.7 Å². The number of rotatable bonds is 2. The fourth-order valence-corrected chi connectivity index (χ4v) is 1.53. The van der Waals surface area contributed by atoms with Crippen molar-refractivity contribution in [2.45, 2.75) is 32.4 Å². The number of hydrogen-bond acceptors (Lipinski definition) is 3. The van der Waals surface area contributed by atoms with E-state index in [0.717, 1.165) is 5.69 Å². The predicted octanol–water partition coefficient (Wildman–Crippen LogP) is 1.69. The maximum atomic E-state index is 11.7. The Kier molecular flexibility index (Phi) is 3.57. The van der Waals surface area contributed by atoms with Crippen LogP contribution in [-0.2, 0) is 18.4 Å². The van der Waals surface area contributed by atoms with E-state index in [1.54, 1.807) is 4.68 Å². The molecule has 0 bridgehead atoms. The van der Waals surface area contributed by atoms with Gasteiger partial charge in [-0.2, -0.15) is 5.10 Å². The van der Waals surface area contributed by atoms with Crippen molar-refractivity contribution >= 4 is 17.1 Å². The molecule has 0 radical (unpaired) electrons. The minimum atomic E-state index is -1.22. The summed E-state index contributed by atoms with van der Waals surface area (Å²) in [6, 6.07) is 1.86. The molecule has 1 atom stereocenters. The summed E-state index contributed by atoms with van der Waals surface area (Å²) in [6.07, 6.45) is 1.84. The van der Waals surface area contributed by atoms with Crippen molar-refractivity contribution < 1.29 is 4.55 Å². The second-order valence-electron chi connectivity index (χ2n) is 4.41. The van der Waals surface area contributed by atoms with E-state index in [1.165, 1.54) is 0 Å². The van der Waals surface area contributed by atoms with E-state index >= 15 is 0 Å². The average Bonchev–Trinajstić information content (AvgIpc) is 2.50. The zero-order valence-electron chi connectivity index (χ0n) is 9.81. The zero-order chi connectivity index (χ0) is 11.6. The van der Waals surface area contributed by atoms with Crippen LogP contribution in [0.2, 0.25) is 0 Å². The SMILES string of the molecule is CC(=N[S+]([O-])C(C)(C)C)c1ccn(C)n1. The van der Waals surface area contributed by atoms with Crippen LogP contribution in [-0.4, -0.2) is 24.8 Å². The highest BCUT2D eigenvalue weighted by Crippen LogP contribution is 2.17. The summed E-state index contributed by atoms with van der Waals surface area (Å²) in [5.41, 5.74) is 1.49. The predicted molar refractivity (Wildman–Crippen MR) is 63.3 cm³/mol. The van der Waals surface area contributed by atoms with E-state index < -0.39 is 11.4 Å². The third-order valence-electron chi connectivity index (χ3n) is 1.83. The first-order valence-electron chi connectivity index (χ1n) is 4.78. The summed E-state index contributed by atoms with van der Waals surface area (Å²) in [7, 11) is 1.84. The van der Waals surface area contributed by atoms with Crippen LogP contribution < -0.4 is 0 Å². The summed E-state index contributed by atoms with van der Waals surface area (Å²) in [5, 5.41) is 4.20. The van der Waals surface area contributed by atoms with Gasteiger partial charge in [-0.15, -0.1) is 0 Å². The summed E-state index contributed by atoms with van der Waals surface area (Å²) in [5.74, 6) is 0. The molecular formula is C10H17N3OS. The van der Waals surface area contributed by atoms with Gasteiger partial charge in [0.1, 0.15) is 27.5 Å². The molecule has 0 spiro atoms. The van der Waals surface area contributed by atoms with Gasteiger partial charge in [0.2, 0.25) is 0 Å². The van der Waals surface area contributed by atoms with Gasteiger partial charge in [-0.25, -0.2) is 0 Å². The first-order chi connectivity index (χ1) is 6.80. The van der Waals surface area contributed by atoms with E-state index in [0.29, 0.717) is 5.71 Å². The van der Waals surface area contributed by atoms with Gasteiger partial charge in [0.05, 0.1) is 0 Å². The van der Waals surface area contributed by atoms with Crippen molar-refractivity contribution in [1.82, 2.24) is 9.78 Å². The van der Waals surface area contributed by atoms with Crippen LogP contribution in [0.4, 0.5) is 0 Å². The highest BCUT2D eigenvalue weighted by atomic mass is 32.2. The van der Waals surface area contributed by atoms with Crippen molar-refractivity contribution in [3.63, 3.8) is 0 Å². The lowest BCUT2D eigenvalue weighted by atomic mass is 10.3. The van der Waals surface area contributed by atoms with Gasteiger partial charge in [-0.3, -0.25) is 4.68 Å². The Morgan fingerprint density at radius 1 is 1.53 bits per heavy atom. The Morgan fingerprint density at radius 3 is 2.53 bits per heavy atom. The lowest BCUT2D eigenvalue weighted by Gasteiger charge is -2.18. The number of aromatic nitrogens is 2. The molecule has 15 heavy (non-hydrogen) atoms. The number of aryl methyl sites for hydroxylation is 1. The van der Waals surface area contributed by atoms with Crippen molar-refractivity contribution in [3.05, 3.63) is 18.0 Å². The van der Waals surface area contributed by atoms with Gasteiger partial charge < -0.3 is 4.55 Å². The molecule has 1 aromatic heterocycles. The molecule has 0 aromatic carbocycles. The van der Waals surface area contributed by atoms with Crippen molar-refractivity contribution in [1.29, 1.82) is 0 Å². The van der Waals surface area contributed by atoms with Gasteiger partial charge in [-0.05, 0) is 33.8 Å². The lowest BCUT2D eigenvalue weighted by Crippen LogP contribution is -2.26. The molecule has 1 rings (SSSR count). The smallest absolute Gasteiger partial charge is 0.144 e. The monoisotopic (exact) mass is 227 g/mol. The first kappa shape index (κ1) is 12.3. The van der Waals surface area contributed by atoms with E-state index in [1.807, 2.05) is 47.0 Å². The normalized spacial score (nSPS) is 15.5. The van der Waals surface area contributed by atoms with E-state index in [-0.39, 0.29) is 4.75 Å². The molecule has 0 aliphatic carbocycles. The van der Waals surface area contributed by atoms with Crippen LogP contribution in [0, 0.1) is 0 Å². The summed E-state index contributed by atoms with van der Waals surface area (Å²) >= 11 is -1.22.